The molecule has 0 heterocycles. The molecule has 7 nitrogen and oxygen atoms in total. The molecule has 1 saturated carbocycles. The smallest absolute Gasteiger partial charge is 0.264 e. The van der Waals surface area contributed by atoms with Gasteiger partial charge in [0.05, 0.1) is 10.6 Å². The number of nitrogens with zero attached hydrogens (tertiary/aromatic N) is 2. The highest BCUT2D eigenvalue weighted by molar-refractivity contribution is 7.92. The number of sulfonamides is 1. The second kappa shape index (κ2) is 15.0. The fourth-order valence-corrected chi connectivity index (χ4v) is 7.63. The molecule has 43 heavy (non-hydrogen) atoms. The first-order valence-corrected chi connectivity index (χ1v) is 17.0. The minimum Gasteiger partial charge on any atom is -0.352 e. The van der Waals surface area contributed by atoms with Gasteiger partial charge in [0.2, 0.25) is 11.8 Å². The molecule has 230 valence electrons. The van der Waals surface area contributed by atoms with Gasteiger partial charge in [-0.05, 0) is 67.3 Å². The van der Waals surface area contributed by atoms with Crippen LogP contribution in [0.2, 0.25) is 20.1 Å². The van der Waals surface area contributed by atoms with Crippen LogP contribution in [0.25, 0.3) is 0 Å². The summed E-state index contributed by atoms with van der Waals surface area (Å²) in [5.41, 5.74) is 0.672. The van der Waals surface area contributed by atoms with Crippen molar-refractivity contribution in [1.82, 2.24) is 10.2 Å². The maximum absolute atomic E-state index is 14.3. The van der Waals surface area contributed by atoms with Gasteiger partial charge in [0.25, 0.3) is 10.0 Å². The van der Waals surface area contributed by atoms with Crippen LogP contribution in [0.1, 0.15) is 51.0 Å². The summed E-state index contributed by atoms with van der Waals surface area (Å²) in [7, 11) is -4.25. The monoisotopic (exact) mass is 683 g/mol. The molecule has 1 aliphatic carbocycles. The van der Waals surface area contributed by atoms with Crippen molar-refractivity contribution in [2.45, 2.75) is 69.0 Å². The van der Waals surface area contributed by atoms with Gasteiger partial charge in [0, 0.05) is 32.7 Å². The number of benzene rings is 3. The molecule has 0 aliphatic heterocycles. The summed E-state index contributed by atoms with van der Waals surface area (Å²) in [4.78, 5) is 29.3. The Labute approximate surface area is 273 Å². The number of amides is 2. The first-order chi connectivity index (χ1) is 20.5. The first-order valence-electron chi connectivity index (χ1n) is 14.1. The van der Waals surface area contributed by atoms with E-state index in [0.29, 0.717) is 22.0 Å². The van der Waals surface area contributed by atoms with Crippen molar-refractivity contribution >= 4 is 73.9 Å². The average Bonchev–Trinajstić information content (AvgIpc) is 2.97. The fourth-order valence-electron chi connectivity index (χ4n) is 5.23. The van der Waals surface area contributed by atoms with Gasteiger partial charge in [-0.1, -0.05) is 96.9 Å². The SMILES string of the molecule is CCC(C(=O)NC1CCCCC1)N(Cc1ccc(Cl)cc1Cl)C(=O)CN(c1cc(Cl)cc(Cl)c1)S(=O)(=O)c1ccccc1. The molecule has 1 fully saturated rings. The predicted octanol–water partition coefficient (Wildman–Crippen LogP) is 7.75. The summed E-state index contributed by atoms with van der Waals surface area (Å²) < 4.78 is 28.9. The molecule has 4 rings (SSSR count). The lowest BCUT2D eigenvalue weighted by Crippen LogP contribution is -2.54. The molecule has 2 amide bonds. The highest BCUT2D eigenvalue weighted by atomic mass is 35.5. The van der Waals surface area contributed by atoms with Crippen molar-refractivity contribution in [2.24, 2.45) is 0 Å². The second-order valence-corrected chi connectivity index (χ2v) is 14.1. The van der Waals surface area contributed by atoms with Gasteiger partial charge < -0.3 is 10.2 Å². The molecule has 0 spiro atoms. The van der Waals surface area contributed by atoms with Gasteiger partial charge in [-0.3, -0.25) is 13.9 Å². The standard InChI is InChI=1S/C31H33Cl4N3O4S/c1-2-29(31(40)36-25-9-5-3-6-10-25)37(19-21-13-14-22(32)18-28(21)35)30(39)20-38(26-16-23(33)15-24(34)17-26)43(41,42)27-11-7-4-8-12-27/h4,7-8,11-18,25,29H,2-3,5-6,9-10,19-20H2,1H3,(H,36,40). The van der Waals surface area contributed by atoms with Crippen molar-refractivity contribution in [3.8, 4) is 0 Å². The van der Waals surface area contributed by atoms with Crippen LogP contribution >= 0.6 is 46.4 Å². The topological polar surface area (TPSA) is 86.8 Å². The average molecular weight is 686 g/mol. The summed E-state index contributed by atoms with van der Waals surface area (Å²) in [6, 6.07) is 16.1. The molecule has 1 aliphatic rings. The Hall–Kier alpha value is -2.49. The number of hydrogen-bond donors (Lipinski definition) is 1. The van der Waals surface area contributed by atoms with Crippen LogP contribution < -0.4 is 9.62 Å². The minimum atomic E-state index is -4.25. The van der Waals surface area contributed by atoms with E-state index in [1.807, 2.05) is 6.92 Å². The molecule has 1 N–H and O–H groups in total. The minimum absolute atomic E-state index is 0.0201. The molecule has 0 aromatic heterocycles. The van der Waals surface area contributed by atoms with E-state index >= 15 is 0 Å². The molecule has 3 aromatic rings. The zero-order valence-corrected chi connectivity index (χ0v) is 27.5. The summed E-state index contributed by atoms with van der Waals surface area (Å²) >= 11 is 25.1. The highest BCUT2D eigenvalue weighted by Gasteiger charge is 2.35. The molecular formula is C31H33Cl4N3O4S. The summed E-state index contributed by atoms with van der Waals surface area (Å²) in [6.45, 7) is 1.15. The third-order valence-corrected chi connectivity index (χ3v) is 10.3. The van der Waals surface area contributed by atoms with Crippen LogP contribution in [-0.4, -0.2) is 43.8 Å². The number of carbonyl (C=O) groups is 2. The zero-order valence-electron chi connectivity index (χ0n) is 23.6. The van der Waals surface area contributed by atoms with Gasteiger partial charge in [-0.15, -0.1) is 0 Å². The van der Waals surface area contributed by atoms with Gasteiger partial charge in [0.15, 0.2) is 0 Å². The van der Waals surface area contributed by atoms with E-state index in [1.165, 1.54) is 35.2 Å². The first kappa shape index (κ1) is 33.4. The number of halogens is 4. The third-order valence-electron chi connectivity index (χ3n) is 7.44. The molecule has 0 bridgehead atoms. The lowest BCUT2D eigenvalue weighted by atomic mass is 9.95. The molecular weight excluding hydrogens is 652 g/mol. The third kappa shape index (κ3) is 8.58. The Morgan fingerprint density at radius 1 is 0.884 bits per heavy atom. The van der Waals surface area contributed by atoms with E-state index in [4.69, 9.17) is 46.4 Å². The summed E-state index contributed by atoms with van der Waals surface area (Å²) in [5.74, 6) is -0.900. The van der Waals surface area contributed by atoms with Crippen LogP contribution in [0, 0.1) is 0 Å². The number of carbonyl (C=O) groups excluding carboxylic acids is 2. The lowest BCUT2D eigenvalue weighted by Gasteiger charge is -2.34. The molecule has 1 atom stereocenters. The molecule has 12 heteroatoms. The normalized spacial score (nSPS) is 14.6. The highest BCUT2D eigenvalue weighted by Crippen LogP contribution is 2.31. The Balaban J connectivity index is 1.74. The van der Waals surface area contributed by atoms with Crippen molar-refractivity contribution in [1.29, 1.82) is 0 Å². The van der Waals surface area contributed by atoms with E-state index in [1.54, 1.807) is 36.4 Å². The van der Waals surface area contributed by atoms with Gasteiger partial charge >= 0.3 is 0 Å². The van der Waals surface area contributed by atoms with Crippen LogP contribution in [0.3, 0.4) is 0 Å². The van der Waals surface area contributed by atoms with Gasteiger partial charge in [-0.25, -0.2) is 8.42 Å². The number of anilines is 1. The van der Waals surface area contributed by atoms with Crippen molar-refractivity contribution < 1.29 is 18.0 Å². The Morgan fingerprint density at radius 2 is 1.53 bits per heavy atom. The van der Waals surface area contributed by atoms with Gasteiger partial charge in [0.1, 0.15) is 12.6 Å². The van der Waals surface area contributed by atoms with Gasteiger partial charge in [-0.2, -0.15) is 0 Å². The maximum atomic E-state index is 14.3. The lowest BCUT2D eigenvalue weighted by molar-refractivity contribution is -0.140. The van der Waals surface area contributed by atoms with E-state index in [-0.39, 0.29) is 39.1 Å². The second-order valence-electron chi connectivity index (χ2n) is 10.5. The van der Waals surface area contributed by atoms with E-state index in [2.05, 4.69) is 5.32 Å². The summed E-state index contributed by atoms with van der Waals surface area (Å²) in [6.07, 6.45) is 5.22. The summed E-state index contributed by atoms with van der Waals surface area (Å²) in [5, 5.41) is 4.26. The van der Waals surface area contributed by atoms with Crippen LogP contribution in [-0.2, 0) is 26.2 Å². The van der Waals surface area contributed by atoms with E-state index in [9.17, 15) is 18.0 Å². The molecule has 0 saturated heterocycles. The van der Waals surface area contributed by atoms with Crippen LogP contribution in [0.15, 0.2) is 71.6 Å². The van der Waals surface area contributed by atoms with Crippen molar-refractivity contribution in [3.63, 3.8) is 0 Å². The number of nitrogens with one attached hydrogen (secondary N) is 1. The van der Waals surface area contributed by atoms with E-state index < -0.39 is 28.5 Å². The van der Waals surface area contributed by atoms with Crippen molar-refractivity contribution in [2.75, 3.05) is 10.8 Å². The zero-order chi connectivity index (χ0) is 31.1. The predicted molar refractivity (Wildman–Crippen MR) is 174 cm³/mol. The number of hydrogen-bond acceptors (Lipinski definition) is 4. The van der Waals surface area contributed by atoms with Crippen molar-refractivity contribution in [3.05, 3.63) is 92.4 Å². The van der Waals surface area contributed by atoms with Crippen LogP contribution in [0.4, 0.5) is 5.69 Å². The fraction of sp³-hybridized carbons (Fsp3) is 0.355. The Kier molecular flexibility index (Phi) is 11.6. The number of rotatable bonds is 11. The maximum Gasteiger partial charge on any atom is 0.264 e. The largest absolute Gasteiger partial charge is 0.352 e. The molecule has 0 radical (unpaired) electrons. The van der Waals surface area contributed by atoms with E-state index in [0.717, 1.165) is 36.4 Å². The molecule has 3 aromatic carbocycles. The van der Waals surface area contributed by atoms with Crippen LogP contribution in [0.5, 0.6) is 0 Å². The Bertz CT molecular complexity index is 1530. The molecule has 1 unspecified atom stereocenters. The Morgan fingerprint density at radius 3 is 2.14 bits per heavy atom. The quantitative estimate of drug-likeness (QED) is 0.224.